The molecule has 0 aliphatic heterocycles. The molecule has 0 atom stereocenters. The number of benzene rings is 2. The van der Waals surface area contributed by atoms with E-state index in [-0.39, 0.29) is 20.4 Å². The van der Waals surface area contributed by atoms with Crippen LogP contribution in [0.15, 0.2) is 48.5 Å². The van der Waals surface area contributed by atoms with Gasteiger partial charge < -0.3 is 0 Å². The topological polar surface area (TPSA) is 0 Å². The molecule has 0 saturated carbocycles. The van der Waals surface area contributed by atoms with Crippen LogP contribution in [0.4, 0.5) is 0 Å². The van der Waals surface area contributed by atoms with E-state index in [1.165, 1.54) is 20.2 Å². The van der Waals surface area contributed by atoms with Crippen molar-refractivity contribution in [3.63, 3.8) is 0 Å². The van der Waals surface area contributed by atoms with Crippen molar-refractivity contribution >= 4 is 79.5 Å². The van der Waals surface area contributed by atoms with E-state index < -0.39 is 0 Å². The van der Waals surface area contributed by atoms with Crippen LogP contribution in [0.1, 0.15) is 0 Å². The third-order valence-corrected chi connectivity index (χ3v) is 10.4. The fourth-order valence-electron chi connectivity index (χ4n) is 2.65. The van der Waals surface area contributed by atoms with E-state index in [9.17, 15) is 0 Å². The zero-order valence-corrected chi connectivity index (χ0v) is 13.8. The summed E-state index contributed by atoms with van der Waals surface area (Å²) in [7, 11) is 0. The Hall–Kier alpha value is -0.850. The predicted molar refractivity (Wildman–Crippen MR) is 89.2 cm³/mol. The molecule has 5 aromatic rings. The first kappa shape index (κ1) is 10.9. The fraction of sp³-hybridized carbons (Fsp3) is 0. The molecule has 0 fully saturated rings. The van der Waals surface area contributed by atoms with Crippen LogP contribution in [0.2, 0.25) is 0 Å². The summed E-state index contributed by atoms with van der Waals surface area (Å²) in [4.78, 5) is 0. The van der Waals surface area contributed by atoms with Gasteiger partial charge in [0.15, 0.2) is 0 Å². The molecule has 3 heteroatoms. The molecule has 0 aliphatic rings. The number of fused-ring (bicyclic) bond motifs is 7. The van der Waals surface area contributed by atoms with Crippen LogP contribution in [0.5, 0.6) is 0 Å². The van der Waals surface area contributed by atoms with Crippen molar-refractivity contribution < 1.29 is 0 Å². The Kier molecular flexibility index (Phi) is 2.20. The van der Waals surface area contributed by atoms with Gasteiger partial charge >= 0.3 is 128 Å². The molecule has 3 aromatic heterocycles. The molecular formula is C16H8S2Te. The average molecular weight is 392 g/mol. The van der Waals surface area contributed by atoms with Crippen molar-refractivity contribution in [2.75, 3.05) is 0 Å². The van der Waals surface area contributed by atoms with Crippen molar-refractivity contribution in [2.24, 2.45) is 0 Å². The molecule has 0 spiro atoms. The van der Waals surface area contributed by atoms with Crippen molar-refractivity contribution in [3.8, 4) is 0 Å². The molecule has 0 nitrogen and oxygen atoms in total. The predicted octanol–water partition coefficient (Wildman–Crippen LogP) is 5.48. The molecule has 0 bridgehead atoms. The monoisotopic (exact) mass is 394 g/mol. The second-order valence-electron chi connectivity index (χ2n) is 4.62. The van der Waals surface area contributed by atoms with Crippen LogP contribution in [0.3, 0.4) is 0 Å². The Morgan fingerprint density at radius 3 is 1.63 bits per heavy atom. The zero-order valence-electron chi connectivity index (χ0n) is 9.84. The van der Waals surface area contributed by atoms with Crippen molar-refractivity contribution in [1.29, 1.82) is 0 Å². The van der Waals surface area contributed by atoms with Crippen LogP contribution >= 0.6 is 22.7 Å². The van der Waals surface area contributed by atoms with Crippen molar-refractivity contribution in [1.82, 2.24) is 0 Å². The molecule has 0 radical (unpaired) electrons. The Labute approximate surface area is 127 Å². The first-order valence-corrected chi connectivity index (χ1v) is 10.1. The molecule has 90 valence electrons. The molecular weight excluding hydrogens is 384 g/mol. The SMILES string of the molecule is c1ccc2c(c1)sc1c3sc4ccccc4c3[te]c21. The summed E-state index contributed by atoms with van der Waals surface area (Å²) in [5.41, 5.74) is 0. The van der Waals surface area contributed by atoms with Gasteiger partial charge in [0.05, 0.1) is 0 Å². The van der Waals surface area contributed by atoms with Crippen LogP contribution in [0, 0.1) is 0 Å². The molecule has 0 amide bonds. The van der Waals surface area contributed by atoms with E-state index in [1.54, 1.807) is 16.2 Å². The molecule has 2 aromatic carbocycles. The van der Waals surface area contributed by atoms with E-state index in [0.717, 1.165) is 0 Å². The maximum atomic E-state index is 2.30. The van der Waals surface area contributed by atoms with E-state index in [1.807, 2.05) is 22.7 Å². The van der Waals surface area contributed by atoms with Gasteiger partial charge in [-0.1, -0.05) is 0 Å². The summed E-state index contributed by atoms with van der Waals surface area (Å²) in [5.74, 6) is 0. The van der Waals surface area contributed by atoms with Gasteiger partial charge in [-0.2, -0.15) is 0 Å². The van der Waals surface area contributed by atoms with Gasteiger partial charge in [-0.05, 0) is 0 Å². The normalized spacial score (nSPS) is 12.2. The Morgan fingerprint density at radius 2 is 1.11 bits per heavy atom. The number of hydrogen-bond donors (Lipinski definition) is 0. The number of thiophene rings is 2. The van der Waals surface area contributed by atoms with Crippen LogP contribution in [-0.4, -0.2) is 20.4 Å². The quantitative estimate of drug-likeness (QED) is 0.307. The molecule has 0 unspecified atom stereocenters. The summed E-state index contributed by atoms with van der Waals surface area (Å²) in [6, 6.07) is 17.8. The van der Waals surface area contributed by atoms with Gasteiger partial charge in [-0.3, -0.25) is 0 Å². The third kappa shape index (κ3) is 1.39. The summed E-state index contributed by atoms with van der Waals surface area (Å²) in [5, 5.41) is 3.02. The maximum absolute atomic E-state index is 2.30. The Morgan fingerprint density at radius 1 is 0.632 bits per heavy atom. The molecule has 0 aliphatic carbocycles. The molecule has 3 heterocycles. The second kappa shape index (κ2) is 3.84. The van der Waals surface area contributed by atoms with Crippen molar-refractivity contribution in [2.45, 2.75) is 0 Å². The minimum atomic E-state index is -0.208. The van der Waals surface area contributed by atoms with E-state index >= 15 is 0 Å². The summed E-state index contributed by atoms with van der Waals surface area (Å²) in [6.45, 7) is 0. The summed E-state index contributed by atoms with van der Waals surface area (Å²) < 4.78 is 9.41. The Bertz CT molecular complexity index is 977. The van der Waals surface area contributed by atoms with Gasteiger partial charge in [0, 0.05) is 0 Å². The second-order valence-corrected chi connectivity index (χ2v) is 9.63. The third-order valence-electron chi connectivity index (χ3n) is 3.51. The molecule has 19 heavy (non-hydrogen) atoms. The van der Waals surface area contributed by atoms with Crippen molar-refractivity contribution in [3.05, 3.63) is 48.5 Å². The average Bonchev–Trinajstić information content (AvgIpc) is 3.07. The van der Waals surface area contributed by atoms with Crippen LogP contribution < -0.4 is 0 Å². The van der Waals surface area contributed by atoms with Gasteiger partial charge in [-0.15, -0.1) is 0 Å². The molecule has 0 N–H and O–H groups in total. The minimum absolute atomic E-state index is 0.208. The van der Waals surface area contributed by atoms with Crippen LogP contribution in [0.25, 0.3) is 36.4 Å². The standard InChI is InChI=1S/C16H8S2Te/c1-3-7-11-9(5-1)15-13(17-11)14-16(19-15)10-6-2-4-8-12(10)18-14/h1-8H. The van der Waals surface area contributed by atoms with E-state index in [2.05, 4.69) is 48.5 Å². The van der Waals surface area contributed by atoms with E-state index in [4.69, 9.17) is 0 Å². The van der Waals surface area contributed by atoms with Gasteiger partial charge in [0.1, 0.15) is 0 Å². The number of hydrogen-bond acceptors (Lipinski definition) is 2. The van der Waals surface area contributed by atoms with E-state index in [0.29, 0.717) is 0 Å². The Balaban J connectivity index is 2.10. The van der Waals surface area contributed by atoms with Crippen LogP contribution in [-0.2, 0) is 0 Å². The fourth-order valence-corrected chi connectivity index (χ4v) is 10.4. The molecule has 5 rings (SSSR count). The zero-order chi connectivity index (χ0) is 12.4. The van der Waals surface area contributed by atoms with Gasteiger partial charge in [0.2, 0.25) is 0 Å². The molecule has 0 saturated heterocycles. The van der Waals surface area contributed by atoms with Gasteiger partial charge in [0.25, 0.3) is 0 Å². The summed E-state index contributed by atoms with van der Waals surface area (Å²) >= 11 is 3.77. The van der Waals surface area contributed by atoms with Gasteiger partial charge in [-0.25, -0.2) is 0 Å². The first-order valence-electron chi connectivity index (χ1n) is 6.13. The summed E-state index contributed by atoms with van der Waals surface area (Å²) in [6.07, 6.45) is 0. The first-order chi connectivity index (χ1) is 9.42. The number of rotatable bonds is 0.